The van der Waals surface area contributed by atoms with Gasteiger partial charge < -0.3 is 40.4 Å². The highest BCUT2D eigenvalue weighted by atomic mass is 35.5. The summed E-state index contributed by atoms with van der Waals surface area (Å²) in [6, 6.07) is 18.6. The van der Waals surface area contributed by atoms with Crippen molar-refractivity contribution < 1.29 is 33.4 Å². The van der Waals surface area contributed by atoms with E-state index < -0.39 is 23.4 Å². The van der Waals surface area contributed by atoms with Gasteiger partial charge in [-0.1, -0.05) is 31.5 Å². The number of nitrogens with zero attached hydrogens (tertiary/aromatic N) is 6. The van der Waals surface area contributed by atoms with E-state index in [0.29, 0.717) is 87.4 Å². The first-order valence-corrected chi connectivity index (χ1v) is 23.6. The van der Waals surface area contributed by atoms with Crippen LogP contribution in [0, 0.1) is 0 Å². The van der Waals surface area contributed by atoms with E-state index >= 15 is 0 Å². The number of imide groups is 1. The van der Waals surface area contributed by atoms with E-state index in [1.165, 1.54) is 6.33 Å². The Morgan fingerprint density at radius 3 is 2.46 bits per heavy atom. The zero-order valence-electron chi connectivity index (χ0n) is 39.3. The van der Waals surface area contributed by atoms with Crippen LogP contribution in [0.4, 0.5) is 11.4 Å². The van der Waals surface area contributed by atoms with Gasteiger partial charge in [0.25, 0.3) is 5.91 Å². The quantitative estimate of drug-likeness (QED) is 0.0380. The Kier molecular flexibility index (Phi) is 17.3. The molecule has 0 aliphatic carbocycles. The molecule has 69 heavy (non-hydrogen) atoms. The summed E-state index contributed by atoms with van der Waals surface area (Å²) in [7, 11) is 2.11. The van der Waals surface area contributed by atoms with Gasteiger partial charge in [-0.25, -0.2) is 15.0 Å². The number of ether oxygens (including phenoxy) is 3. The molecule has 0 bridgehead atoms. The van der Waals surface area contributed by atoms with Crippen molar-refractivity contribution in [2.45, 2.75) is 82.8 Å². The molecule has 3 aliphatic rings. The third-order valence-electron chi connectivity index (χ3n) is 13.0. The maximum absolute atomic E-state index is 13.0. The SMILES string of the molecule is CCc1c(C(N)=O)ccc(-c2cccc(OCCCCCCOCCOCCNc3ccc4c(c3)CN(C3CCC(=O)NC3=O)C4=O)c2)c1NC1(c2nc(-c3ccncn3)n[nH]2)CCN(C)CC1.Cl. The number of halogens is 1. The highest BCUT2D eigenvalue weighted by molar-refractivity contribution is 6.05. The molecule has 4 amide bonds. The summed E-state index contributed by atoms with van der Waals surface area (Å²) in [6.07, 6.45) is 9.69. The van der Waals surface area contributed by atoms with E-state index in [4.69, 9.17) is 24.9 Å². The third kappa shape index (κ3) is 12.2. The van der Waals surface area contributed by atoms with Gasteiger partial charge in [0.2, 0.25) is 17.7 Å². The molecule has 6 N–H and O–H groups in total. The predicted octanol–water partition coefficient (Wildman–Crippen LogP) is 5.89. The number of H-pyrrole nitrogens is 1. The maximum Gasteiger partial charge on any atom is 0.255 e. The van der Waals surface area contributed by atoms with Gasteiger partial charge in [0.05, 0.1) is 32.0 Å². The Morgan fingerprint density at radius 2 is 1.71 bits per heavy atom. The molecular formula is C50H62ClN11O7. The fourth-order valence-corrected chi connectivity index (χ4v) is 9.18. The number of aromatic amines is 1. The van der Waals surface area contributed by atoms with Crippen LogP contribution in [0.2, 0.25) is 0 Å². The smallest absolute Gasteiger partial charge is 0.255 e. The lowest BCUT2D eigenvalue weighted by atomic mass is 9.84. The van der Waals surface area contributed by atoms with E-state index in [1.807, 2.05) is 43.3 Å². The number of carbonyl (C=O) groups excluding carboxylic acids is 4. The normalized spacial score (nSPS) is 16.7. The summed E-state index contributed by atoms with van der Waals surface area (Å²) < 4.78 is 17.8. The lowest BCUT2D eigenvalue weighted by Gasteiger charge is -2.41. The van der Waals surface area contributed by atoms with Gasteiger partial charge in [0.15, 0.2) is 11.6 Å². The monoisotopic (exact) mass is 963 g/mol. The van der Waals surface area contributed by atoms with Gasteiger partial charge in [-0.3, -0.25) is 29.6 Å². The Morgan fingerprint density at radius 1 is 0.928 bits per heavy atom. The van der Waals surface area contributed by atoms with Gasteiger partial charge in [-0.05, 0) is 111 Å². The molecule has 19 heteroatoms. The van der Waals surface area contributed by atoms with Crippen LogP contribution in [-0.4, -0.2) is 124 Å². The van der Waals surface area contributed by atoms with Crippen molar-refractivity contribution in [3.05, 3.63) is 101 Å². The summed E-state index contributed by atoms with van der Waals surface area (Å²) >= 11 is 0. The van der Waals surface area contributed by atoms with Crippen molar-refractivity contribution in [1.29, 1.82) is 0 Å². The van der Waals surface area contributed by atoms with E-state index in [0.717, 1.165) is 91.0 Å². The van der Waals surface area contributed by atoms with Crippen LogP contribution in [0.3, 0.4) is 0 Å². The molecule has 2 aromatic heterocycles. The average molecular weight is 965 g/mol. The number of likely N-dealkylation sites (tertiary alicyclic amines) is 1. The summed E-state index contributed by atoms with van der Waals surface area (Å²) in [5, 5.41) is 17.4. The summed E-state index contributed by atoms with van der Waals surface area (Å²) in [5.74, 6) is 0.590. The van der Waals surface area contributed by atoms with E-state index in [9.17, 15) is 19.2 Å². The van der Waals surface area contributed by atoms with Crippen LogP contribution >= 0.6 is 12.4 Å². The van der Waals surface area contributed by atoms with Crippen LogP contribution in [0.5, 0.6) is 5.75 Å². The lowest BCUT2D eigenvalue weighted by Crippen LogP contribution is -2.52. The predicted molar refractivity (Wildman–Crippen MR) is 263 cm³/mol. The molecule has 366 valence electrons. The molecule has 3 aliphatic heterocycles. The molecule has 5 heterocycles. The number of primary amides is 1. The molecule has 1 atom stereocenters. The Hall–Kier alpha value is -6.47. The molecule has 1 unspecified atom stereocenters. The average Bonchev–Trinajstić information content (AvgIpc) is 3.98. The molecule has 0 saturated carbocycles. The van der Waals surface area contributed by atoms with Crippen LogP contribution < -0.4 is 26.4 Å². The zero-order chi connectivity index (χ0) is 47.5. The minimum Gasteiger partial charge on any atom is -0.494 e. The fourth-order valence-electron chi connectivity index (χ4n) is 9.18. The van der Waals surface area contributed by atoms with Crippen molar-refractivity contribution >= 4 is 47.4 Å². The number of hydrogen-bond donors (Lipinski definition) is 5. The maximum atomic E-state index is 13.0. The number of aromatic nitrogens is 5. The van der Waals surface area contributed by atoms with Crippen molar-refractivity contribution in [3.63, 3.8) is 0 Å². The van der Waals surface area contributed by atoms with Crippen LogP contribution in [0.15, 0.2) is 73.2 Å². The minimum atomic E-state index is -0.628. The summed E-state index contributed by atoms with van der Waals surface area (Å²) in [6.45, 7) is 7.38. The van der Waals surface area contributed by atoms with Gasteiger partial charge in [0.1, 0.15) is 23.8 Å². The number of fused-ring (bicyclic) bond motifs is 1. The molecule has 2 saturated heterocycles. The molecule has 8 rings (SSSR count). The first-order valence-electron chi connectivity index (χ1n) is 23.6. The molecule has 5 aromatic rings. The van der Waals surface area contributed by atoms with Crippen molar-refractivity contribution in [2.75, 3.05) is 70.3 Å². The number of carbonyl (C=O) groups is 4. The molecule has 3 aromatic carbocycles. The molecular weight excluding hydrogens is 902 g/mol. The summed E-state index contributed by atoms with van der Waals surface area (Å²) in [4.78, 5) is 66.8. The topological polar surface area (TPSA) is 232 Å². The van der Waals surface area contributed by atoms with E-state index in [2.05, 4.69) is 60.2 Å². The number of rotatable bonds is 23. The number of amides is 4. The number of benzene rings is 3. The first kappa shape index (κ1) is 50.4. The highest BCUT2D eigenvalue weighted by Gasteiger charge is 2.41. The fraction of sp³-hybridized carbons (Fsp3) is 0.440. The number of anilines is 2. The standard InChI is InChI=1S/C50H61N11O7.ClH/c1-3-37-40(45(51)63)14-13-38(44(37)57-50(18-22-60(2)23-19-50)49-56-46(58-59-49)41-17-20-52-32-54-41)33-9-8-10-36(30-33)68-25-7-5-4-6-24-66-27-28-67-26-21-53-35-11-12-39-34(29-35)31-61(48(39)65)42-15-16-43(62)55-47(42)64;/h8-14,17,20,29-30,32,42,53,57H,3-7,15-16,18-19,21-28,31H2,1-2H3,(H2,51,63)(H,55,62,64)(H,56,58,59);1H. The number of nitrogens with one attached hydrogen (secondary N) is 4. The van der Waals surface area contributed by atoms with Gasteiger partial charge in [-0.15, -0.1) is 12.4 Å². The Bertz CT molecular complexity index is 2570. The minimum absolute atomic E-state index is 0. The van der Waals surface area contributed by atoms with Gasteiger partial charge in [0, 0.05) is 73.5 Å². The molecule has 2 fully saturated rings. The Labute approximate surface area is 408 Å². The number of nitrogens with two attached hydrogens (primary N) is 1. The van der Waals surface area contributed by atoms with Crippen molar-refractivity contribution in [1.82, 2.24) is 40.3 Å². The second-order valence-electron chi connectivity index (χ2n) is 17.6. The van der Waals surface area contributed by atoms with Gasteiger partial charge in [-0.2, -0.15) is 5.10 Å². The van der Waals surface area contributed by atoms with E-state index in [1.54, 1.807) is 23.2 Å². The number of piperidine rings is 2. The largest absolute Gasteiger partial charge is 0.494 e. The molecule has 0 radical (unpaired) electrons. The second kappa shape index (κ2) is 23.7. The van der Waals surface area contributed by atoms with Crippen LogP contribution in [0.25, 0.3) is 22.6 Å². The highest BCUT2D eigenvalue weighted by Crippen LogP contribution is 2.42. The number of unbranched alkanes of at least 4 members (excludes halogenated alkanes) is 3. The Balaban J connectivity index is 0.00000703. The van der Waals surface area contributed by atoms with Gasteiger partial charge >= 0.3 is 0 Å². The molecule has 18 nitrogen and oxygen atoms in total. The summed E-state index contributed by atoms with van der Waals surface area (Å²) in [5.41, 5.74) is 12.3. The van der Waals surface area contributed by atoms with E-state index in [-0.39, 0.29) is 30.6 Å². The lowest BCUT2D eigenvalue weighted by molar-refractivity contribution is -0.136. The van der Waals surface area contributed by atoms with Crippen LogP contribution in [-0.2, 0) is 37.6 Å². The number of hydrogen-bond acceptors (Lipinski definition) is 14. The zero-order valence-corrected chi connectivity index (χ0v) is 40.1. The molecule has 0 spiro atoms. The second-order valence-corrected chi connectivity index (χ2v) is 17.6. The van der Waals surface area contributed by atoms with Crippen molar-refractivity contribution in [2.24, 2.45) is 5.73 Å². The van der Waals surface area contributed by atoms with Crippen molar-refractivity contribution in [3.8, 4) is 28.4 Å². The third-order valence-corrected chi connectivity index (χ3v) is 13.0. The first-order chi connectivity index (χ1) is 33.1. The van der Waals surface area contributed by atoms with Crippen LogP contribution in [0.1, 0.15) is 96.0 Å².